The van der Waals surface area contributed by atoms with Crippen molar-refractivity contribution in [2.45, 2.75) is 26.8 Å². The first kappa shape index (κ1) is 12.6. The van der Waals surface area contributed by atoms with Gasteiger partial charge < -0.3 is 5.32 Å². The molecule has 0 aliphatic rings. The van der Waals surface area contributed by atoms with Crippen LogP contribution in [0.1, 0.15) is 23.6 Å². The molecule has 18 heavy (non-hydrogen) atoms. The van der Waals surface area contributed by atoms with Crippen molar-refractivity contribution in [1.29, 1.82) is 0 Å². The number of hydrogen-bond acceptors (Lipinski definition) is 1. The Morgan fingerprint density at radius 3 is 2.44 bits per heavy atom. The highest BCUT2D eigenvalue weighted by molar-refractivity contribution is 5.57. The molecule has 2 rings (SSSR count). The first-order chi connectivity index (χ1) is 8.70. The quantitative estimate of drug-likeness (QED) is 0.843. The molecular formula is C16H18FN. The van der Waals surface area contributed by atoms with Gasteiger partial charge in [-0.3, -0.25) is 0 Å². The monoisotopic (exact) mass is 243 g/mol. The SMILES string of the molecule is CCc1cccc(C)c1NCc1ccc(F)cc1. The zero-order valence-corrected chi connectivity index (χ0v) is 10.8. The van der Waals surface area contributed by atoms with Gasteiger partial charge in [0.2, 0.25) is 0 Å². The van der Waals surface area contributed by atoms with Crippen LogP contribution in [0.5, 0.6) is 0 Å². The highest BCUT2D eigenvalue weighted by Crippen LogP contribution is 2.21. The number of para-hydroxylation sites is 1. The molecule has 1 nitrogen and oxygen atoms in total. The predicted octanol–water partition coefficient (Wildman–Crippen LogP) is 4.31. The second-order valence-corrected chi connectivity index (χ2v) is 4.44. The summed E-state index contributed by atoms with van der Waals surface area (Å²) in [5.41, 5.74) is 4.85. The molecule has 2 heteroatoms. The normalized spacial score (nSPS) is 10.4. The Bertz CT molecular complexity index is 517. The smallest absolute Gasteiger partial charge is 0.123 e. The zero-order valence-electron chi connectivity index (χ0n) is 10.8. The van der Waals surface area contributed by atoms with Crippen LogP contribution in [0.4, 0.5) is 10.1 Å². The molecule has 94 valence electrons. The van der Waals surface area contributed by atoms with Gasteiger partial charge in [-0.05, 0) is 42.2 Å². The summed E-state index contributed by atoms with van der Waals surface area (Å²) in [6.07, 6.45) is 1.01. The summed E-state index contributed by atoms with van der Waals surface area (Å²) in [5.74, 6) is -0.191. The number of rotatable bonds is 4. The van der Waals surface area contributed by atoms with Crippen LogP contribution in [0, 0.1) is 12.7 Å². The van der Waals surface area contributed by atoms with Crippen molar-refractivity contribution in [3.8, 4) is 0 Å². The van der Waals surface area contributed by atoms with E-state index in [1.54, 1.807) is 0 Å². The molecule has 0 radical (unpaired) electrons. The fourth-order valence-corrected chi connectivity index (χ4v) is 2.07. The van der Waals surface area contributed by atoms with Gasteiger partial charge in [0.1, 0.15) is 5.82 Å². The summed E-state index contributed by atoms with van der Waals surface area (Å²) in [7, 11) is 0. The standard InChI is InChI=1S/C16H18FN/c1-3-14-6-4-5-12(2)16(14)18-11-13-7-9-15(17)10-8-13/h4-10,18H,3,11H2,1-2H3. The minimum absolute atomic E-state index is 0.191. The summed E-state index contributed by atoms with van der Waals surface area (Å²) >= 11 is 0. The molecule has 2 aromatic rings. The van der Waals surface area contributed by atoms with Crippen molar-refractivity contribution in [3.63, 3.8) is 0 Å². The maximum absolute atomic E-state index is 12.8. The average molecular weight is 243 g/mol. The minimum Gasteiger partial charge on any atom is -0.381 e. The Balaban J connectivity index is 2.12. The Kier molecular flexibility index (Phi) is 3.98. The van der Waals surface area contributed by atoms with E-state index in [1.807, 2.05) is 12.1 Å². The van der Waals surface area contributed by atoms with Crippen LogP contribution in [0.25, 0.3) is 0 Å². The summed E-state index contributed by atoms with van der Waals surface area (Å²) in [5, 5.41) is 3.45. The van der Waals surface area contributed by atoms with Crippen molar-refractivity contribution in [3.05, 3.63) is 65.0 Å². The van der Waals surface area contributed by atoms with Gasteiger partial charge in [0.05, 0.1) is 0 Å². The molecule has 0 fully saturated rings. The van der Waals surface area contributed by atoms with E-state index in [9.17, 15) is 4.39 Å². The number of hydrogen-bond donors (Lipinski definition) is 1. The lowest BCUT2D eigenvalue weighted by Gasteiger charge is -2.14. The van der Waals surface area contributed by atoms with Crippen molar-refractivity contribution >= 4 is 5.69 Å². The van der Waals surface area contributed by atoms with Crippen LogP contribution in [-0.2, 0) is 13.0 Å². The van der Waals surface area contributed by atoms with Gasteiger partial charge in [0, 0.05) is 12.2 Å². The zero-order chi connectivity index (χ0) is 13.0. The number of aryl methyl sites for hydroxylation is 2. The predicted molar refractivity (Wildman–Crippen MR) is 74.3 cm³/mol. The van der Waals surface area contributed by atoms with E-state index in [0.717, 1.165) is 18.5 Å². The Morgan fingerprint density at radius 2 is 1.78 bits per heavy atom. The summed E-state index contributed by atoms with van der Waals surface area (Å²) in [6.45, 7) is 4.97. The van der Waals surface area contributed by atoms with Crippen LogP contribution < -0.4 is 5.32 Å². The molecule has 0 aliphatic heterocycles. The fourth-order valence-electron chi connectivity index (χ4n) is 2.07. The number of nitrogens with one attached hydrogen (secondary N) is 1. The highest BCUT2D eigenvalue weighted by Gasteiger charge is 2.03. The van der Waals surface area contributed by atoms with E-state index < -0.39 is 0 Å². The highest BCUT2D eigenvalue weighted by atomic mass is 19.1. The number of halogens is 1. The number of anilines is 1. The molecule has 0 amide bonds. The van der Waals surface area contributed by atoms with E-state index in [1.165, 1.54) is 28.9 Å². The van der Waals surface area contributed by atoms with Crippen molar-refractivity contribution in [2.75, 3.05) is 5.32 Å². The summed E-state index contributed by atoms with van der Waals surface area (Å²) in [6, 6.07) is 12.9. The molecule has 0 aromatic heterocycles. The maximum atomic E-state index is 12.8. The first-order valence-electron chi connectivity index (χ1n) is 6.27. The fraction of sp³-hybridized carbons (Fsp3) is 0.250. The van der Waals surface area contributed by atoms with Gasteiger partial charge >= 0.3 is 0 Å². The third-order valence-electron chi connectivity index (χ3n) is 3.12. The minimum atomic E-state index is -0.191. The average Bonchev–Trinajstić information content (AvgIpc) is 2.39. The van der Waals surface area contributed by atoms with E-state index in [4.69, 9.17) is 0 Å². The second kappa shape index (κ2) is 5.67. The van der Waals surface area contributed by atoms with Gasteiger partial charge in [-0.15, -0.1) is 0 Å². The Hall–Kier alpha value is -1.83. The third-order valence-corrected chi connectivity index (χ3v) is 3.12. The molecule has 0 aliphatic carbocycles. The molecular weight excluding hydrogens is 225 g/mol. The molecule has 0 bridgehead atoms. The van der Waals surface area contributed by atoms with Gasteiger partial charge in [-0.1, -0.05) is 37.3 Å². The second-order valence-electron chi connectivity index (χ2n) is 4.44. The van der Waals surface area contributed by atoms with E-state index >= 15 is 0 Å². The van der Waals surface area contributed by atoms with Crippen LogP contribution in [0.15, 0.2) is 42.5 Å². The van der Waals surface area contributed by atoms with Crippen LogP contribution in [0.2, 0.25) is 0 Å². The van der Waals surface area contributed by atoms with E-state index in [-0.39, 0.29) is 5.82 Å². The Morgan fingerprint density at radius 1 is 1.06 bits per heavy atom. The van der Waals surface area contributed by atoms with Crippen LogP contribution in [-0.4, -0.2) is 0 Å². The van der Waals surface area contributed by atoms with Crippen molar-refractivity contribution in [1.82, 2.24) is 0 Å². The molecule has 1 N–H and O–H groups in total. The molecule has 0 atom stereocenters. The topological polar surface area (TPSA) is 12.0 Å². The number of benzene rings is 2. The van der Waals surface area contributed by atoms with Gasteiger partial charge in [-0.25, -0.2) is 4.39 Å². The van der Waals surface area contributed by atoms with Gasteiger partial charge in [0.15, 0.2) is 0 Å². The van der Waals surface area contributed by atoms with Crippen molar-refractivity contribution < 1.29 is 4.39 Å². The lowest BCUT2D eigenvalue weighted by molar-refractivity contribution is 0.627. The van der Waals surface area contributed by atoms with Gasteiger partial charge in [0.25, 0.3) is 0 Å². The van der Waals surface area contributed by atoms with Crippen LogP contribution in [0.3, 0.4) is 0 Å². The largest absolute Gasteiger partial charge is 0.381 e. The van der Waals surface area contributed by atoms with E-state index in [0.29, 0.717) is 0 Å². The van der Waals surface area contributed by atoms with Crippen LogP contribution >= 0.6 is 0 Å². The third kappa shape index (κ3) is 2.89. The summed E-state index contributed by atoms with van der Waals surface area (Å²) in [4.78, 5) is 0. The molecule has 0 unspecified atom stereocenters. The lowest BCUT2D eigenvalue weighted by Crippen LogP contribution is -2.04. The first-order valence-corrected chi connectivity index (χ1v) is 6.27. The lowest BCUT2D eigenvalue weighted by atomic mass is 10.1. The molecule has 0 heterocycles. The van der Waals surface area contributed by atoms with E-state index in [2.05, 4.69) is 37.4 Å². The molecule has 2 aromatic carbocycles. The molecule has 0 saturated heterocycles. The van der Waals surface area contributed by atoms with Crippen molar-refractivity contribution in [2.24, 2.45) is 0 Å². The molecule has 0 saturated carbocycles. The maximum Gasteiger partial charge on any atom is 0.123 e. The Labute approximate surface area is 108 Å². The molecule has 0 spiro atoms. The summed E-state index contributed by atoms with van der Waals surface area (Å²) < 4.78 is 12.8. The van der Waals surface area contributed by atoms with Gasteiger partial charge in [-0.2, -0.15) is 0 Å².